The summed E-state index contributed by atoms with van der Waals surface area (Å²) in [6, 6.07) is 8.30. The van der Waals surface area contributed by atoms with Gasteiger partial charge in [-0.3, -0.25) is 14.4 Å². The van der Waals surface area contributed by atoms with Crippen molar-refractivity contribution in [2.45, 2.75) is 25.7 Å². The van der Waals surface area contributed by atoms with E-state index in [1.165, 1.54) is 36.4 Å². The average molecular weight is 1020 g/mol. The first kappa shape index (κ1) is 63.1. The van der Waals surface area contributed by atoms with Crippen molar-refractivity contribution in [3.05, 3.63) is 100 Å². The van der Waals surface area contributed by atoms with Crippen LogP contribution in [0, 0.1) is 11.6 Å². The van der Waals surface area contributed by atoms with Gasteiger partial charge in [0.05, 0.1) is 12.1 Å². The molecule has 3 aromatic carbocycles. The number of benzene rings is 3. The van der Waals surface area contributed by atoms with Gasteiger partial charge in [0, 0.05) is 41.5 Å². The molecule has 18 nitrogen and oxygen atoms in total. The van der Waals surface area contributed by atoms with Crippen LogP contribution in [0.1, 0.15) is 36.0 Å². The van der Waals surface area contributed by atoms with Crippen molar-refractivity contribution >= 4 is 46.8 Å². The van der Waals surface area contributed by atoms with E-state index in [0.29, 0.717) is 19.5 Å². The number of hydrogen-bond acceptors (Lipinski definition) is 12. The number of rotatable bonds is 21. The van der Waals surface area contributed by atoms with Crippen LogP contribution in [0.15, 0.2) is 72.0 Å². The Morgan fingerprint density at radius 1 is 0.742 bits per heavy atom. The fourth-order valence-electron chi connectivity index (χ4n) is 6.76. The Balaban J connectivity index is 0.00000544. The number of nitrogens with one attached hydrogen (secondary N) is 1. The molecule has 1 aliphatic heterocycles. The van der Waals surface area contributed by atoms with Crippen LogP contribution in [0.4, 0.5) is 14.5 Å². The topological polar surface area (TPSA) is 279 Å². The summed E-state index contributed by atoms with van der Waals surface area (Å²) in [4.78, 5) is 61.5. The van der Waals surface area contributed by atoms with E-state index in [1.54, 1.807) is 0 Å². The first-order chi connectivity index (χ1) is 29.6. The number of carboxylic acids is 4. The summed E-state index contributed by atoms with van der Waals surface area (Å²) in [5.41, 5.74) is 6.13. The maximum Gasteiger partial charge on any atom is 1.00 e. The Labute approximate surface area is 547 Å². The second kappa shape index (κ2) is 30.7. The van der Waals surface area contributed by atoms with Gasteiger partial charge in [-0.05, 0) is 60.9 Å². The summed E-state index contributed by atoms with van der Waals surface area (Å²) in [5.74, 6) is -9.89. The smallest absolute Gasteiger partial charge is 0.505 e. The van der Waals surface area contributed by atoms with Gasteiger partial charge in [0.1, 0.15) is 43.6 Å². The SMILES string of the molecule is NCCCCCNC(=O)Cc1cccc(OCCOC2=CC(=C3c4cc(F)c(O)cc4Oc4cc(O)c(F)cc43)C=CC2=[N+](CC(=O)O)CC(=O)O)c1N(CC(=O)O)CC(=O)O.[K+].[K+].[K+].[K+]. The zero-order chi connectivity index (χ0) is 45.1. The van der Waals surface area contributed by atoms with E-state index in [9.17, 15) is 63.4 Å². The minimum absolute atomic E-state index is 0. The zero-order valence-corrected chi connectivity index (χ0v) is 49.4. The molecule has 1 heterocycles. The summed E-state index contributed by atoms with van der Waals surface area (Å²) >= 11 is 0. The van der Waals surface area contributed by atoms with E-state index in [-0.39, 0.29) is 287 Å². The summed E-state index contributed by atoms with van der Waals surface area (Å²) in [5, 5.41) is 61.7. The fraction of sp³-hybridized carbons (Fsp3) is 0.286. The van der Waals surface area contributed by atoms with Crippen LogP contribution < -0.4 is 231 Å². The molecule has 0 spiro atoms. The first-order valence-electron chi connectivity index (χ1n) is 19.0. The first-order valence-corrected chi connectivity index (χ1v) is 19.0. The van der Waals surface area contributed by atoms with Gasteiger partial charge < -0.3 is 60.8 Å². The predicted molar refractivity (Wildman–Crippen MR) is 215 cm³/mol. The maximum absolute atomic E-state index is 14.9. The number of anilines is 1. The molecule has 0 radical (unpaired) electrons. The summed E-state index contributed by atoms with van der Waals surface area (Å²) in [7, 11) is 0. The molecular weight excluding hydrogens is 979 g/mol. The maximum atomic E-state index is 14.9. The van der Waals surface area contributed by atoms with Crippen molar-refractivity contribution in [3.63, 3.8) is 0 Å². The minimum atomic E-state index is -1.39. The average Bonchev–Trinajstić information content (AvgIpc) is 3.18. The number of carboxylic acid groups (broad SMARTS) is 4. The summed E-state index contributed by atoms with van der Waals surface area (Å²) < 4.78 is 48.6. The van der Waals surface area contributed by atoms with Gasteiger partial charge in [0.15, 0.2) is 28.9 Å². The van der Waals surface area contributed by atoms with E-state index >= 15 is 0 Å². The third kappa shape index (κ3) is 18.0. The Hall–Kier alpha value is -0.935. The van der Waals surface area contributed by atoms with Gasteiger partial charge >= 0.3 is 229 Å². The molecule has 0 unspecified atom stereocenters. The molecular formula is C42H43F2K4N4O14+5. The molecule has 0 bridgehead atoms. The molecule has 24 heteroatoms. The minimum Gasteiger partial charge on any atom is -0.505 e. The van der Waals surface area contributed by atoms with Crippen LogP contribution >= 0.6 is 0 Å². The third-order valence-corrected chi connectivity index (χ3v) is 9.30. The Bertz CT molecular complexity index is 2320. The monoisotopic (exact) mass is 1020 g/mol. The largest absolute Gasteiger partial charge is 1.00 e. The molecule has 0 aromatic heterocycles. The van der Waals surface area contributed by atoms with Crippen LogP contribution in [-0.4, -0.2) is 123 Å². The number of amides is 1. The number of carbonyl (C=O) groups is 5. The summed E-state index contributed by atoms with van der Waals surface area (Å²) in [6.45, 7) is -3.02. The van der Waals surface area contributed by atoms with Crippen LogP contribution in [0.2, 0.25) is 0 Å². The van der Waals surface area contributed by atoms with Gasteiger partial charge in [-0.2, -0.15) is 0 Å². The Kier molecular flexibility index (Phi) is 29.4. The molecule has 1 aliphatic carbocycles. The number of fused-ring (bicyclic) bond motifs is 2. The van der Waals surface area contributed by atoms with Crippen molar-refractivity contribution < 1.29 is 288 Å². The van der Waals surface area contributed by atoms with Crippen LogP contribution in [0.25, 0.3) is 5.57 Å². The van der Waals surface area contributed by atoms with E-state index in [1.807, 2.05) is 0 Å². The van der Waals surface area contributed by atoms with Gasteiger partial charge in [0.25, 0.3) is 0 Å². The van der Waals surface area contributed by atoms with Gasteiger partial charge in [-0.25, -0.2) is 22.9 Å². The van der Waals surface area contributed by atoms with Crippen LogP contribution in [0.3, 0.4) is 0 Å². The second-order valence-corrected chi connectivity index (χ2v) is 13.9. The van der Waals surface area contributed by atoms with Gasteiger partial charge in [-0.1, -0.05) is 18.6 Å². The van der Waals surface area contributed by atoms with Crippen molar-refractivity contribution in [2.24, 2.45) is 5.73 Å². The van der Waals surface area contributed by atoms with E-state index in [0.717, 1.165) is 46.6 Å². The Morgan fingerprint density at radius 2 is 1.30 bits per heavy atom. The van der Waals surface area contributed by atoms with Gasteiger partial charge in [0.2, 0.25) is 24.7 Å². The zero-order valence-electron chi connectivity index (χ0n) is 36.9. The number of phenolic OH excluding ortho intramolecular Hbond substituents is 2. The quantitative estimate of drug-likeness (QED) is 0.0219. The molecule has 9 N–H and O–H groups in total. The molecule has 0 saturated heterocycles. The number of nitrogens with zero attached hydrogens (tertiary/aromatic N) is 2. The predicted octanol–water partition coefficient (Wildman–Crippen LogP) is -8.77. The summed E-state index contributed by atoms with van der Waals surface area (Å²) in [6.07, 6.45) is 6.04. The molecule has 5 rings (SSSR count). The number of para-hydroxylation sites is 1. The van der Waals surface area contributed by atoms with E-state index < -0.39 is 79.1 Å². The van der Waals surface area contributed by atoms with Gasteiger partial charge in [-0.15, -0.1) is 0 Å². The van der Waals surface area contributed by atoms with Crippen LogP contribution in [0.5, 0.6) is 28.7 Å². The number of ether oxygens (including phenoxy) is 3. The molecule has 66 heavy (non-hydrogen) atoms. The number of nitrogens with two attached hydrogens (primary N) is 1. The second-order valence-electron chi connectivity index (χ2n) is 13.9. The molecule has 0 fully saturated rings. The molecule has 1 amide bonds. The number of allylic oxidation sites excluding steroid dienone is 4. The number of phenols is 2. The number of halogens is 2. The molecule has 0 saturated carbocycles. The van der Waals surface area contributed by atoms with E-state index in [2.05, 4.69) is 5.32 Å². The van der Waals surface area contributed by atoms with Crippen molar-refractivity contribution in [1.29, 1.82) is 0 Å². The molecule has 2 aliphatic rings. The fourth-order valence-corrected chi connectivity index (χ4v) is 6.76. The van der Waals surface area contributed by atoms with Crippen molar-refractivity contribution in [3.8, 4) is 28.7 Å². The normalized spacial score (nSPS) is 11.9. The van der Waals surface area contributed by atoms with E-state index in [4.69, 9.17) is 19.9 Å². The number of aromatic hydroxyl groups is 2. The van der Waals surface area contributed by atoms with Crippen molar-refractivity contribution in [1.82, 2.24) is 5.32 Å². The standard InChI is InChI=1S/C42H42F2N4O14.4K/c43-27-15-25-33(17-30(27)49)62-34-18-31(50)28(44)16-26(34)41(25)23-7-8-29(47(19-37(52)53)20-38(54)55)35(13-23)61-12-11-60-32-6-4-5-24(14-36(51)46-10-3-1-2-9-45)42(32)48(21-39(56)57)22-40(58)59;;;;/h4-8,13,15-18H,1-3,9-12,14,19-22,45H2,(H6,46,49,50,51,52,53,54,55,56,57,58,59);;;;/q;4*+1/p+1. The molecule has 3 aromatic rings. The molecule has 0 atom stereocenters. The molecule has 328 valence electrons. The van der Waals surface area contributed by atoms with Crippen LogP contribution in [-0.2, 0) is 35.1 Å². The van der Waals surface area contributed by atoms with Crippen molar-refractivity contribution in [2.75, 3.05) is 57.4 Å². The number of hydrogen-bond donors (Lipinski definition) is 8. The number of aliphatic carboxylic acids is 4. The number of unbranched alkanes of at least 4 members (excludes halogenated alkanes) is 2. The number of carbonyl (C=O) groups excluding carboxylic acids is 1. The Morgan fingerprint density at radius 3 is 1.83 bits per heavy atom. The third-order valence-electron chi connectivity index (χ3n) is 9.30.